The average molecular weight is 433 g/mol. The Morgan fingerprint density at radius 3 is 2.29 bits per heavy atom. The molecule has 0 saturated heterocycles. The Hall–Kier alpha value is -2.83. The van der Waals surface area contributed by atoms with Crippen LogP contribution in [-0.2, 0) is 35.2 Å². The highest BCUT2D eigenvalue weighted by Gasteiger charge is 2.32. The van der Waals surface area contributed by atoms with Crippen LogP contribution in [0.3, 0.4) is 0 Å². The Morgan fingerprint density at radius 1 is 1.03 bits per heavy atom. The quantitative estimate of drug-likeness (QED) is 0.312. The van der Waals surface area contributed by atoms with Crippen molar-refractivity contribution in [2.75, 3.05) is 13.7 Å². The summed E-state index contributed by atoms with van der Waals surface area (Å²) in [6.45, 7) is 6.77. The number of carbonyl (C=O) groups is 3. The third kappa shape index (κ3) is 8.07. The molecular weight excluding hydrogens is 400 g/mol. The van der Waals surface area contributed by atoms with E-state index in [1.807, 2.05) is 0 Å². The molecule has 1 aliphatic rings. The molecule has 0 unspecified atom stereocenters. The van der Waals surface area contributed by atoms with E-state index in [1.54, 1.807) is 45.2 Å². The van der Waals surface area contributed by atoms with Gasteiger partial charge in [-0.2, -0.15) is 0 Å². The maximum atomic E-state index is 12.4. The third-order valence-electron chi connectivity index (χ3n) is 5.14. The molecule has 1 fully saturated rings. The lowest BCUT2D eigenvalue weighted by atomic mass is 9.95. The Balaban J connectivity index is 1.74. The summed E-state index contributed by atoms with van der Waals surface area (Å²) in [5, 5.41) is 0. The van der Waals surface area contributed by atoms with Gasteiger partial charge in [-0.1, -0.05) is 25.1 Å². The number of carbonyl (C=O) groups excluding carboxylic acids is 3. The van der Waals surface area contributed by atoms with Gasteiger partial charge in [0.25, 0.3) is 0 Å². The molecule has 1 aromatic rings. The molecule has 0 spiro atoms. The molecule has 0 bridgehead atoms. The van der Waals surface area contributed by atoms with Crippen LogP contribution in [0.4, 0.5) is 0 Å². The molecule has 31 heavy (non-hydrogen) atoms. The van der Waals surface area contributed by atoms with Crippen molar-refractivity contribution in [3.63, 3.8) is 0 Å². The van der Waals surface area contributed by atoms with Gasteiger partial charge in [0.05, 0.1) is 18.9 Å². The molecule has 0 N–H and O–H groups in total. The molecule has 1 aliphatic carbocycles. The van der Waals surface area contributed by atoms with Gasteiger partial charge in [0.1, 0.15) is 25.1 Å². The van der Waals surface area contributed by atoms with Gasteiger partial charge in [0.2, 0.25) is 0 Å². The fourth-order valence-electron chi connectivity index (χ4n) is 3.13. The molecule has 7 heteroatoms. The Morgan fingerprint density at radius 2 is 1.68 bits per heavy atom. The maximum Gasteiger partial charge on any atom is 0.334 e. The fourth-order valence-corrected chi connectivity index (χ4v) is 3.13. The van der Waals surface area contributed by atoms with Crippen LogP contribution in [0.2, 0.25) is 0 Å². The van der Waals surface area contributed by atoms with Crippen molar-refractivity contribution in [2.45, 2.75) is 65.1 Å². The topological polar surface area (TPSA) is 88.1 Å². The first-order valence-electron chi connectivity index (χ1n) is 10.6. The summed E-state index contributed by atoms with van der Waals surface area (Å²) in [5.41, 5.74) is -0.236. The highest BCUT2D eigenvalue weighted by molar-refractivity contribution is 5.93. The molecule has 0 aliphatic heterocycles. The molecule has 0 aromatic heterocycles. The molecule has 1 aromatic carbocycles. The SMILES string of the molecule is C=C(CC(=O)OC1CCCCC1)C(=O)OCC(C)(C)C(=O)OCc1ccc(OC)cc1. The normalized spacial score (nSPS) is 14.4. The lowest BCUT2D eigenvalue weighted by Crippen LogP contribution is -2.33. The first-order valence-corrected chi connectivity index (χ1v) is 10.6. The first-order chi connectivity index (χ1) is 14.7. The largest absolute Gasteiger partial charge is 0.497 e. The van der Waals surface area contributed by atoms with E-state index >= 15 is 0 Å². The van der Waals surface area contributed by atoms with E-state index in [-0.39, 0.29) is 31.3 Å². The Kier molecular flexibility index (Phi) is 9.09. The van der Waals surface area contributed by atoms with E-state index in [1.165, 1.54) is 0 Å². The summed E-state index contributed by atoms with van der Waals surface area (Å²) in [6, 6.07) is 7.16. The van der Waals surface area contributed by atoms with E-state index < -0.39 is 23.3 Å². The van der Waals surface area contributed by atoms with E-state index in [2.05, 4.69) is 6.58 Å². The van der Waals surface area contributed by atoms with Gasteiger partial charge in [0.15, 0.2) is 0 Å². The summed E-state index contributed by atoms with van der Waals surface area (Å²) in [5.74, 6) is -0.993. The van der Waals surface area contributed by atoms with Crippen LogP contribution in [0.25, 0.3) is 0 Å². The van der Waals surface area contributed by atoms with Gasteiger partial charge >= 0.3 is 17.9 Å². The zero-order chi connectivity index (χ0) is 22.9. The molecule has 170 valence electrons. The zero-order valence-corrected chi connectivity index (χ0v) is 18.6. The van der Waals surface area contributed by atoms with Gasteiger partial charge in [-0.25, -0.2) is 4.79 Å². The second-order valence-corrected chi connectivity index (χ2v) is 8.41. The summed E-state index contributed by atoms with van der Waals surface area (Å²) < 4.78 is 21.0. The van der Waals surface area contributed by atoms with Crippen molar-refractivity contribution in [2.24, 2.45) is 5.41 Å². The zero-order valence-electron chi connectivity index (χ0n) is 18.6. The van der Waals surface area contributed by atoms with Gasteiger partial charge in [0, 0.05) is 5.57 Å². The number of benzene rings is 1. The predicted octanol–water partition coefficient (Wildman–Crippen LogP) is 4.13. The minimum Gasteiger partial charge on any atom is -0.497 e. The van der Waals surface area contributed by atoms with Crippen molar-refractivity contribution < 1.29 is 33.3 Å². The fraction of sp³-hybridized carbons (Fsp3) is 0.542. The van der Waals surface area contributed by atoms with Crippen molar-refractivity contribution in [3.8, 4) is 5.75 Å². The summed E-state index contributed by atoms with van der Waals surface area (Å²) in [6.07, 6.45) is 4.66. The lowest BCUT2D eigenvalue weighted by molar-refractivity contribution is -0.162. The molecule has 0 amide bonds. The Labute approximate surface area is 183 Å². The summed E-state index contributed by atoms with van der Waals surface area (Å²) in [4.78, 5) is 36.6. The molecule has 0 heterocycles. The van der Waals surface area contributed by atoms with Crippen LogP contribution in [0.15, 0.2) is 36.4 Å². The smallest absolute Gasteiger partial charge is 0.334 e. The van der Waals surface area contributed by atoms with Crippen LogP contribution >= 0.6 is 0 Å². The van der Waals surface area contributed by atoms with Crippen molar-refractivity contribution in [3.05, 3.63) is 42.0 Å². The van der Waals surface area contributed by atoms with Gasteiger partial charge in [-0.15, -0.1) is 0 Å². The molecule has 2 rings (SSSR count). The standard InChI is InChI=1S/C24H32O7/c1-17(14-21(25)31-20-8-6-5-7-9-20)22(26)30-16-24(2,3)23(27)29-15-18-10-12-19(28-4)13-11-18/h10-13,20H,1,5-9,14-16H2,2-4H3. The van der Waals surface area contributed by atoms with Crippen molar-refractivity contribution >= 4 is 17.9 Å². The molecule has 0 radical (unpaired) electrons. The Bertz CT molecular complexity index is 774. The van der Waals surface area contributed by atoms with E-state index in [0.717, 1.165) is 37.7 Å². The van der Waals surface area contributed by atoms with Crippen molar-refractivity contribution in [1.82, 2.24) is 0 Å². The number of hydrogen-bond acceptors (Lipinski definition) is 7. The number of esters is 3. The van der Waals surface area contributed by atoms with Crippen molar-refractivity contribution in [1.29, 1.82) is 0 Å². The minimum absolute atomic E-state index is 0.00297. The van der Waals surface area contributed by atoms with Crippen LogP contribution in [0, 0.1) is 5.41 Å². The van der Waals surface area contributed by atoms with Gasteiger partial charge in [-0.3, -0.25) is 9.59 Å². The molecule has 7 nitrogen and oxygen atoms in total. The molecular formula is C24H32O7. The van der Waals surface area contributed by atoms with E-state index in [0.29, 0.717) is 5.75 Å². The lowest BCUT2D eigenvalue weighted by Gasteiger charge is -2.23. The molecule has 1 saturated carbocycles. The van der Waals surface area contributed by atoms with E-state index in [4.69, 9.17) is 18.9 Å². The highest BCUT2D eigenvalue weighted by Crippen LogP contribution is 2.22. The van der Waals surface area contributed by atoms with Crippen LogP contribution in [-0.4, -0.2) is 37.7 Å². The van der Waals surface area contributed by atoms with Crippen LogP contribution in [0.1, 0.15) is 57.9 Å². The second kappa shape index (κ2) is 11.5. The summed E-state index contributed by atoms with van der Waals surface area (Å²) in [7, 11) is 1.58. The number of ether oxygens (including phenoxy) is 4. The third-order valence-corrected chi connectivity index (χ3v) is 5.14. The number of rotatable bonds is 10. The minimum atomic E-state index is -1.05. The van der Waals surface area contributed by atoms with Crippen LogP contribution < -0.4 is 4.74 Å². The summed E-state index contributed by atoms with van der Waals surface area (Å²) >= 11 is 0. The maximum absolute atomic E-state index is 12.4. The van der Waals surface area contributed by atoms with Crippen LogP contribution in [0.5, 0.6) is 5.75 Å². The second-order valence-electron chi connectivity index (χ2n) is 8.41. The average Bonchev–Trinajstić information content (AvgIpc) is 2.76. The number of hydrogen-bond donors (Lipinski definition) is 0. The highest BCUT2D eigenvalue weighted by atomic mass is 16.6. The van der Waals surface area contributed by atoms with E-state index in [9.17, 15) is 14.4 Å². The molecule has 0 atom stereocenters. The first kappa shape index (κ1) is 24.4. The van der Waals surface area contributed by atoms with Gasteiger partial charge in [-0.05, 0) is 57.2 Å². The predicted molar refractivity (Wildman–Crippen MR) is 114 cm³/mol. The monoisotopic (exact) mass is 432 g/mol. The van der Waals surface area contributed by atoms with Gasteiger partial charge < -0.3 is 18.9 Å². The number of methoxy groups -OCH3 is 1.